The van der Waals surface area contributed by atoms with Gasteiger partial charge in [0, 0.05) is 6.07 Å². The molecule has 0 atom stereocenters. The molecule has 20 heavy (non-hydrogen) atoms. The number of carbonyl (C=O) groups excluding carboxylic acids is 1. The number of nitro groups is 1. The van der Waals surface area contributed by atoms with Crippen LogP contribution >= 0.6 is 11.6 Å². The first kappa shape index (κ1) is 14.0. The number of aryl methyl sites for hydroxylation is 1. The van der Waals surface area contributed by atoms with Crippen LogP contribution in [-0.4, -0.2) is 20.4 Å². The van der Waals surface area contributed by atoms with Crippen molar-refractivity contribution in [1.82, 2.24) is 9.55 Å². The summed E-state index contributed by atoms with van der Waals surface area (Å²) in [5, 5.41) is 13.7. The maximum atomic E-state index is 12.1. The largest absolute Gasteiger partial charge is 0.358 e. The summed E-state index contributed by atoms with van der Waals surface area (Å²) in [6, 6.07) is 4.34. The Labute approximate surface area is 119 Å². The maximum absolute atomic E-state index is 12.1. The lowest BCUT2D eigenvalue weighted by molar-refractivity contribution is -0.391. The molecule has 0 spiro atoms. The second kappa shape index (κ2) is 5.30. The van der Waals surface area contributed by atoms with Gasteiger partial charge in [0.05, 0.1) is 18.9 Å². The van der Waals surface area contributed by atoms with Crippen LogP contribution < -0.4 is 5.32 Å². The first-order valence-corrected chi connectivity index (χ1v) is 6.01. The molecule has 0 saturated heterocycles. The summed E-state index contributed by atoms with van der Waals surface area (Å²) in [6.45, 7) is 1.76. The third kappa shape index (κ3) is 2.62. The number of hydrogen-bond acceptors (Lipinski definition) is 4. The van der Waals surface area contributed by atoms with Gasteiger partial charge in [0.25, 0.3) is 5.91 Å². The van der Waals surface area contributed by atoms with Crippen LogP contribution in [0.4, 0.5) is 11.5 Å². The van der Waals surface area contributed by atoms with Crippen LogP contribution in [0.5, 0.6) is 0 Å². The van der Waals surface area contributed by atoms with Crippen molar-refractivity contribution in [3.05, 3.63) is 50.9 Å². The van der Waals surface area contributed by atoms with E-state index in [1.807, 2.05) is 0 Å². The zero-order chi connectivity index (χ0) is 14.9. The molecule has 2 aromatic rings. The fourth-order valence-corrected chi connectivity index (χ4v) is 1.84. The van der Waals surface area contributed by atoms with E-state index in [2.05, 4.69) is 10.3 Å². The van der Waals surface area contributed by atoms with Crippen molar-refractivity contribution in [1.29, 1.82) is 0 Å². The van der Waals surface area contributed by atoms with Gasteiger partial charge in [-0.15, -0.1) is 0 Å². The van der Waals surface area contributed by atoms with E-state index in [0.29, 0.717) is 10.8 Å². The standard InChI is InChI=1S/C12H11ClN4O3/c1-7-5-8(6-14-11(7)13)15-12(18)9-3-4-10(16(9)2)17(19)20/h3-6H,1-2H3,(H,15,18). The third-order valence-corrected chi connectivity index (χ3v) is 3.18. The predicted molar refractivity (Wildman–Crippen MR) is 74.0 cm³/mol. The van der Waals surface area contributed by atoms with Crippen molar-refractivity contribution in [2.75, 3.05) is 5.32 Å². The number of pyridine rings is 1. The molecular formula is C12H11ClN4O3. The Morgan fingerprint density at radius 2 is 2.20 bits per heavy atom. The van der Waals surface area contributed by atoms with E-state index in [1.165, 1.54) is 29.9 Å². The third-order valence-electron chi connectivity index (χ3n) is 2.79. The van der Waals surface area contributed by atoms with E-state index >= 15 is 0 Å². The quantitative estimate of drug-likeness (QED) is 0.535. The highest BCUT2D eigenvalue weighted by Crippen LogP contribution is 2.19. The monoisotopic (exact) mass is 294 g/mol. The number of nitrogens with zero attached hydrogens (tertiary/aromatic N) is 3. The smallest absolute Gasteiger partial charge is 0.323 e. The lowest BCUT2D eigenvalue weighted by Crippen LogP contribution is -2.16. The molecule has 104 valence electrons. The normalized spacial score (nSPS) is 10.3. The number of rotatable bonds is 3. The molecule has 0 bridgehead atoms. The molecule has 0 aliphatic carbocycles. The second-order valence-electron chi connectivity index (χ2n) is 4.18. The molecule has 0 radical (unpaired) electrons. The van der Waals surface area contributed by atoms with Gasteiger partial charge in [-0.3, -0.25) is 4.79 Å². The molecule has 0 aliphatic rings. The van der Waals surface area contributed by atoms with E-state index in [-0.39, 0.29) is 11.5 Å². The first-order chi connectivity index (χ1) is 9.40. The average Bonchev–Trinajstić information content (AvgIpc) is 2.76. The molecule has 0 aliphatic heterocycles. The number of carbonyl (C=O) groups is 1. The SMILES string of the molecule is Cc1cc(NC(=O)c2ccc([N+](=O)[O-])n2C)cnc1Cl. The Balaban J connectivity index is 2.24. The van der Waals surface area contributed by atoms with Crippen molar-refractivity contribution < 1.29 is 9.72 Å². The Morgan fingerprint density at radius 3 is 2.75 bits per heavy atom. The molecule has 7 nitrogen and oxygen atoms in total. The van der Waals surface area contributed by atoms with Gasteiger partial charge in [0.2, 0.25) is 0 Å². The van der Waals surface area contributed by atoms with E-state index in [1.54, 1.807) is 13.0 Å². The minimum Gasteiger partial charge on any atom is -0.358 e. The highest BCUT2D eigenvalue weighted by Gasteiger charge is 2.20. The molecular weight excluding hydrogens is 284 g/mol. The number of halogens is 1. The van der Waals surface area contributed by atoms with Gasteiger partial charge in [0.1, 0.15) is 5.15 Å². The summed E-state index contributed by atoms with van der Waals surface area (Å²) in [5.41, 5.74) is 1.38. The molecule has 1 N–H and O–H groups in total. The molecule has 0 unspecified atom stereocenters. The molecule has 0 aromatic carbocycles. The number of nitrogens with one attached hydrogen (secondary N) is 1. The molecule has 2 aromatic heterocycles. The van der Waals surface area contributed by atoms with Crippen LogP contribution in [0.3, 0.4) is 0 Å². The van der Waals surface area contributed by atoms with Gasteiger partial charge in [-0.25, -0.2) is 9.55 Å². The van der Waals surface area contributed by atoms with Gasteiger partial charge in [-0.05, 0) is 29.5 Å². The van der Waals surface area contributed by atoms with Crippen molar-refractivity contribution in [3.8, 4) is 0 Å². The maximum Gasteiger partial charge on any atom is 0.323 e. The Morgan fingerprint density at radius 1 is 1.50 bits per heavy atom. The summed E-state index contributed by atoms with van der Waals surface area (Å²) in [6.07, 6.45) is 1.42. The highest BCUT2D eigenvalue weighted by atomic mass is 35.5. The van der Waals surface area contributed by atoms with Crippen molar-refractivity contribution >= 4 is 29.0 Å². The molecule has 0 fully saturated rings. The van der Waals surface area contributed by atoms with E-state index in [0.717, 1.165) is 5.56 Å². The van der Waals surface area contributed by atoms with Gasteiger partial charge in [0.15, 0.2) is 5.69 Å². The average molecular weight is 295 g/mol. The zero-order valence-electron chi connectivity index (χ0n) is 10.8. The van der Waals surface area contributed by atoms with Crippen LogP contribution in [0.15, 0.2) is 24.4 Å². The lowest BCUT2D eigenvalue weighted by atomic mass is 10.3. The van der Waals surface area contributed by atoms with Crippen LogP contribution in [0.2, 0.25) is 5.15 Å². The molecule has 2 rings (SSSR count). The summed E-state index contributed by atoms with van der Waals surface area (Å²) < 4.78 is 1.21. The molecule has 0 saturated carbocycles. The van der Waals surface area contributed by atoms with Gasteiger partial charge in [-0.2, -0.15) is 0 Å². The van der Waals surface area contributed by atoms with Gasteiger partial charge < -0.3 is 15.4 Å². The Kier molecular flexibility index (Phi) is 3.71. The van der Waals surface area contributed by atoms with Crippen molar-refractivity contribution in [2.45, 2.75) is 6.92 Å². The fourth-order valence-electron chi connectivity index (χ4n) is 1.73. The van der Waals surface area contributed by atoms with E-state index in [4.69, 9.17) is 11.6 Å². The van der Waals surface area contributed by atoms with Gasteiger partial charge >= 0.3 is 5.82 Å². The van der Waals surface area contributed by atoms with Crippen molar-refractivity contribution in [3.63, 3.8) is 0 Å². The summed E-state index contributed by atoms with van der Waals surface area (Å²) >= 11 is 5.79. The highest BCUT2D eigenvalue weighted by molar-refractivity contribution is 6.30. The minimum absolute atomic E-state index is 0.152. The van der Waals surface area contributed by atoms with E-state index < -0.39 is 10.8 Å². The van der Waals surface area contributed by atoms with Crippen LogP contribution in [0.1, 0.15) is 16.1 Å². The molecule has 1 amide bonds. The fraction of sp³-hybridized carbons (Fsp3) is 0.167. The molecule has 8 heteroatoms. The van der Waals surface area contributed by atoms with Gasteiger partial charge in [-0.1, -0.05) is 11.6 Å². The summed E-state index contributed by atoms with van der Waals surface area (Å²) in [5.74, 6) is -0.607. The van der Waals surface area contributed by atoms with Crippen molar-refractivity contribution in [2.24, 2.45) is 7.05 Å². The van der Waals surface area contributed by atoms with Crippen LogP contribution in [0, 0.1) is 17.0 Å². The Hall–Kier alpha value is -2.41. The number of amides is 1. The minimum atomic E-state index is -0.551. The lowest BCUT2D eigenvalue weighted by Gasteiger charge is -2.05. The molecule has 2 heterocycles. The number of anilines is 1. The number of hydrogen-bond donors (Lipinski definition) is 1. The van der Waals surface area contributed by atoms with E-state index in [9.17, 15) is 14.9 Å². The Bertz CT molecular complexity index is 696. The summed E-state index contributed by atoms with van der Waals surface area (Å²) in [4.78, 5) is 26.1. The first-order valence-electron chi connectivity index (χ1n) is 5.63. The summed E-state index contributed by atoms with van der Waals surface area (Å²) in [7, 11) is 1.46. The zero-order valence-corrected chi connectivity index (χ0v) is 11.5. The second-order valence-corrected chi connectivity index (χ2v) is 4.54. The van der Waals surface area contributed by atoms with Crippen LogP contribution in [-0.2, 0) is 7.05 Å². The predicted octanol–water partition coefficient (Wildman–Crippen LogP) is 2.54. The van der Waals surface area contributed by atoms with Crippen LogP contribution in [0.25, 0.3) is 0 Å². The topological polar surface area (TPSA) is 90.1 Å². The number of aromatic nitrogens is 2.